The molecule has 0 bridgehead atoms. The van der Waals surface area contributed by atoms with Crippen LogP contribution in [-0.4, -0.2) is 157 Å². The van der Waals surface area contributed by atoms with E-state index in [1.165, 1.54) is 5.39 Å². The average molecular weight is 917 g/mol. The summed E-state index contributed by atoms with van der Waals surface area (Å²) in [5.41, 5.74) is 1.07. The van der Waals surface area contributed by atoms with Gasteiger partial charge in [-0.1, -0.05) is 64.1 Å². The van der Waals surface area contributed by atoms with E-state index < -0.39 is 105 Å². The smallest absolute Gasteiger partial charge is 0.163 e. The first-order valence-corrected chi connectivity index (χ1v) is 23.7. The van der Waals surface area contributed by atoms with Gasteiger partial charge >= 0.3 is 0 Å². The Morgan fingerprint density at radius 2 is 0.800 bits per heavy atom. The Labute approximate surface area is 381 Å². The lowest BCUT2D eigenvalue weighted by Crippen LogP contribution is -2.67. The normalized spacial score (nSPS) is 49.0. The molecule has 17 nitrogen and oxygen atoms in total. The van der Waals surface area contributed by atoms with Crippen LogP contribution >= 0.6 is 0 Å². The molecule has 2 aromatic rings. The van der Waals surface area contributed by atoms with Crippen molar-refractivity contribution in [2.24, 2.45) is 23.7 Å². The molecule has 8 aliphatic rings. The Kier molecular flexibility index (Phi) is 14.2. The van der Waals surface area contributed by atoms with Crippen molar-refractivity contribution >= 4 is 10.8 Å². The third kappa shape index (κ3) is 9.54. The van der Waals surface area contributed by atoms with E-state index >= 15 is 0 Å². The maximum absolute atomic E-state index is 7.19. The van der Waals surface area contributed by atoms with Crippen LogP contribution in [0.1, 0.15) is 61.0 Å². The van der Waals surface area contributed by atoms with Gasteiger partial charge in [-0.2, -0.15) is 0 Å². The van der Waals surface area contributed by atoms with E-state index in [1.807, 2.05) is 46.8 Å². The molecule has 0 spiro atoms. The van der Waals surface area contributed by atoms with Crippen molar-refractivity contribution in [2.75, 3.05) is 33.5 Å². The molecule has 0 radical (unpaired) electrons. The molecule has 0 saturated carbocycles. The summed E-state index contributed by atoms with van der Waals surface area (Å²) in [5.74, 6) is -1.13. The first-order chi connectivity index (χ1) is 31.4. The summed E-state index contributed by atoms with van der Waals surface area (Å²) in [6.45, 7) is 17.5. The molecule has 0 N–H and O–H groups in total. The van der Waals surface area contributed by atoms with Gasteiger partial charge in [-0.25, -0.2) is 0 Å². The molecule has 0 aliphatic carbocycles. The van der Waals surface area contributed by atoms with Crippen molar-refractivity contribution in [3.8, 4) is 0 Å². The maximum Gasteiger partial charge on any atom is 0.163 e. The van der Waals surface area contributed by atoms with Crippen LogP contribution in [0.15, 0.2) is 42.5 Å². The van der Waals surface area contributed by atoms with Crippen molar-refractivity contribution in [3.63, 3.8) is 0 Å². The van der Waals surface area contributed by atoms with Crippen LogP contribution in [0.5, 0.6) is 0 Å². The highest BCUT2D eigenvalue weighted by Gasteiger charge is 2.58. The van der Waals surface area contributed by atoms with Crippen molar-refractivity contribution < 1.29 is 80.5 Å². The van der Waals surface area contributed by atoms with Gasteiger partial charge in [0.25, 0.3) is 0 Å². The molecule has 8 fully saturated rings. The summed E-state index contributed by atoms with van der Waals surface area (Å²) in [5, 5.41) is 2.34. The highest BCUT2D eigenvalue weighted by atomic mass is 16.8. The molecule has 17 heteroatoms. The van der Waals surface area contributed by atoms with Gasteiger partial charge in [-0.15, -0.1) is 0 Å². The highest BCUT2D eigenvalue weighted by Crippen LogP contribution is 2.44. The van der Waals surface area contributed by atoms with Gasteiger partial charge in [-0.3, -0.25) is 0 Å². The number of methoxy groups -OCH3 is 1. The lowest BCUT2D eigenvalue weighted by molar-refractivity contribution is -0.414. The van der Waals surface area contributed by atoms with Crippen LogP contribution in [0.4, 0.5) is 0 Å². The SMILES string of the molecule is COC1OC2COC(C)OC2C(OC2OC3COC(C)OC3C(OC3OC4COC(C)OC4C(OC4OC5COC(C)OC5C(OCc5ccc6ccccc6c5)C4C)C3C)C2C)C1C. The van der Waals surface area contributed by atoms with Crippen molar-refractivity contribution in [3.05, 3.63) is 48.0 Å². The molecule has 24 atom stereocenters. The molecular formula is C48H68O17. The molecular weight excluding hydrogens is 849 g/mol. The first kappa shape index (κ1) is 46.7. The Morgan fingerprint density at radius 1 is 0.431 bits per heavy atom. The predicted octanol–water partition coefficient (Wildman–Crippen LogP) is 5.02. The quantitative estimate of drug-likeness (QED) is 0.313. The van der Waals surface area contributed by atoms with E-state index in [4.69, 9.17) is 80.5 Å². The van der Waals surface area contributed by atoms with Gasteiger partial charge < -0.3 is 80.5 Å². The number of fused-ring (bicyclic) bond motifs is 5. The minimum atomic E-state index is -0.770. The fourth-order valence-electron chi connectivity index (χ4n) is 10.9. The lowest BCUT2D eigenvalue weighted by atomic mass is 9.88. The summed E-state index contributed by atoms with van der Waals surface area (Å²) < 4.78 is 110. The van der Waals surface area contributed by atoms with Crippen molar-refractivity contribution in [1.29, 1.82) is 0 Å². The third-order valence-electron chi connectivity index (χ3n) is 14.5. The standard InChI is InChI=1S/C48H68O17/c1-22-37(54-17-30-14-15-31-12-10-11-13-32(31)16-30)41-33(18-50-26(5)55-41)60-46(22)64-39-24(3)48(62-35-20-52-28(7)57-43(35)39)65-40-25(4)47(61-36-21-53-29(8)58-44(36)40)63-38-23(2)45(49-9)59-34-19-51-27(6)56-42(34)38/h10-16,22-29,33-48H,17-21H2,1-9H3. The van der Waals surface area contributed by atoms with Crippen LogP contribution in [0, 0.1) is 23.7 Å². The molecule has 362 valence electrons. The molecule has 8 heterocycles. The molecule has 24 unspecified atom stereocenters. The Bertz CT molecular complexity index is 1890. The first-order valence-electron chi connectivity index (χ1n) is 23.7. The molecule has 0 aromatic heterocycles. The zero-order valence-corrected chi connectivity index (χ0v) is 38.9. The van der Waals surface area contributed by atoms with Crippen LogP contribution in [0.3, 0.4) is 0 Å². The maximum atomic E-state index is 7.19. The molecule has 8 saturated heterocycles. The summed E-state index contributed by atoms with van der Waals surface area (Å²) in [6.07, 6.45) is -9.91. The van der Waals surface area contributed by atoms with E-state index in [2.05, 4.69) is 51.1 Å². The lowest BCUT2D eigenvalue weighted by Gasteiger charge is -2.54. The second-order valence-electron chi connectivity index (χ2n) is 19.1. The van der Waals surface area contributed by atoms with E-state index in [0.717, 1.165) is 10.9 Å². The number of rotatable bonds is 10. The van der Waals surface area contributed by atoms with Gasteiger partial charge in [0.1, 0.15) is 48.8 Å². The van der Waals surface area contributed by atoms with Gasteiger partial charge in [-0.05, 0) is 50.1 Å². The number of hydrogen-bond acceptors (Lipinski definition) is 17. The van der Waals surface area contributed by atoms with Gasteiger partial charge in [0.15, 0.2) is 50.3 Å². The third-order valence-corrected chi connectivity index (χ3v) is 14.5. The van der Waals surface area contributed by atoms with E-state index in [1.54, 1.807) is 7.11 Å². The fraction of sp³-hybridized carbons (Fsp3) is 0.792. The summed E-state index contributed by atoms with van der Waals surface area (Å²) in [7, 11) is 1.63. The predicted molar refractivity (Wildman–Crippen MR) is 227 cm³/mol. The topological polar surface area (TPSA) is 157 Å². The van der Waals surface area contributed by atoms with Crippen molar-refractivity contribution in [2.45, 2.75) is 186 Å². The number of benzene rings is 2. The zero-order valence-electron chi connectivity index (χ0n) is 38.9. The van der Waals surface area contributed by atoms with Crippen LogP contribution < -0.4 is 0 Å². The Balaban J connectivity index is 0.891. The minimum Gasteiger partial charge on any atom is -0.370 e. The second kappa shape index (κ2) is 19.8. The van der Waals surface area contributed by atoms with Gasteiger partial charge in [0, 0.05) is 30.8 Å². The van der Waals surface area contributed by atoms with Gasteiger partial charge in [0.05, 0.1) is 57.5 Å². The minimum absolute atomic E-state index is 0.193. The van der Waals surface area contributed by atoms with Gasteiger partial charge in [0.2, 0.25) is 0 Å². The van der Waals surface area contributed by atoms with Crippen LogP contribution in [0.25, 0.3) is 10.8 Å². The Morgan fingerprint density at radius 3 is 1.23 bits per heavy atom. The monoisotopic (exact) mass is 916 g/mol. The molecule has 2 aromatic carbocycles. The Hall–Kier alpha value is -1.98. The zero-order chi connectivity index (χ0) is 45.1. The molecule has 0 amide bonds. The van der Waals surface area contributed by atoms with E-state index in [0.29, 0.717) is 26.4 Å². The number of hydrogen-bond donors (Lipinski definition) is 0. The number of ether oxygens (including phenoxy) is 17. The van der Waals surface area contributed by atoms with E-state index in [-0.39, 0.29) is 48.6 Å². The molecule has 10 rings (SSSR count). The molecule has 65 heavy (non-hydrogen) atoms. The fourth-order valence-corrected chi connectivity index (χ4v) is 10.9. The highest BCUT2D eigenvalue weighted by molar-refractivity contribution is 5.82. The van der Waals surface area contributed by atoms with Crippen LogP contribution in [0.2, 0.25) is 0 Å². The second-order valence-corrected chi connectivity index (χ2v) is 19.1. The largest absolute Gasteiger partial charge is 0.370 e. The summed E-state index contributed by atoms with van der Waals surface area (Å²) in [4.78, 5) is 0. The summed E-state index contributed by atoms with van der Waals surface area (Å²) in [6, 6.07) is 14.7. The van der Waals surface area contributed by atoms with Crippen molar-refractivity contribution in [1.82, 2.24) is 0 Å². The van der Waals surface area contributed by atoms with Crippen LogP contribution in [-0.2, 0) is 87.1 Å². The average Bonchev–Trinajstić information content (AvgIpc) is 3.30. The summed E-state index contributed by atoms with van der Waals surface area (Å²) >= 11 is 0. The van der Waals surface area contributed by atoms with E-state index in [9.17, 15) is 0 Å². The molecule has 8 aliphatic heterocycles.